The van der Waals surface area contributed by atoms with Crippen LogP contribution in [0.3, 0.4) is 0 Å². The number of esters is 1. The van der Waals surface area contributed by atoms with Crippen molar-refractivity contribution < 1.29 is 53.9 Å². The van der Waals surface area contributed by atoms with Crippen molar-refractivity contribution in [2.45, 2.75) is 167 Å². The molecule has 4 fully saturated rings. The number of piperidine rings is 4. The summed E-state index contributed by atoms with van der Waals surface area (Å²) in [6.07, 6.45) is 10.9. The topological polar surface area (TPSA) is 285 Å². The fraction of sp³-hybridized carbons (Fsp3) is 0.408. The number of methoxy groups -OCH3 is 1. The Bertz CT molecular complexity index is 3400. The first-order valence-corrected chi connectivity index (χ1v) is 32.6. The summed E-state index contributed by atoms with van der Waals surface area (Å²) < 4.78 is 9.84. The minimum Gasteiger partial charge on any atom is -0.467 e. The van der Waals surface area contributed by atoms with Crippen LogP contribution in [0.5, 0.6) is 0 Å². The summed E-state index contributed by atoms with van der Waals surface area (Å²) in [5.41, 5.74) is 32.3. The van der Waals surface area contributed by atoms with Crippen LogP contribution in [-0.4, -0.2) is 152 Å². The molecule has 19 heteroatoms. The number of nitrogens with zero attached hydrogens (tertiary/aromatic N) is 3. The van der Waals surface area contributed by atoms with E-state index in [1.165, 1.54) is 67.6 Å². The molecule has 6 aromatic carbocycles. The van der Waals surface area contributed by atoms with Crippen molar-refractivity contribution in [3.05, 3.63) is 189 Å². The highest BCUT2D eigenvalue weighted by molar-refractivity contribution is 5.86. The average Bonchev–Trinajstić information content (AvgIpc) is 0.959. The fourth-order valence-corrected chi connectivity index (χ4v) is 12.7. The van der Waals surface area contributed by atoms with Gasteiger partial charge >= 0.3 is 12.1 Å². The number of hydrogen-bond acceptors (Lipinski definition) is 14. The second-order valence-corrected chi connectivity index (χ2v) is 25.8. The Balaban J connectivity index is 0.000000216. The molecule has 510 valence electrons. The van der Waals surface area contributed by atoms with Gasteiger partial charge in [-0.1, -0.05) is 158 Å². The highest BCUT2D eigenvalue weighted by atomic mass is 35.5. The van der Waals surface area contributed by atoms with Crippen LogP contribution in [0.25, 0.3) is 46.6 Å². The van der Waals surface area contributed by atoms with Gasteiger partial charge in [-0.2, -0.15) is 0 Å². The van der Waals surface area contributed by atoms with Gasteiger partial charge in [0.05, 0.1) is 31.5 Å². The highest BCUT2D eigenvalue weighted by Crippen LogP contribution is 2.31. The van der Waals surface area contributed by atoms with E-state index in [0.29, 0.717) is 51.7 Å². The summed E-state index contributed by atoms with van der Waals surface area (Å²) in [5, 5.41) is 42.3. The summed E-state index contributed by atoms with van der Waals surface area (Å²) in [5.74, 6) is -1.99. The molecule has 18 nitrogen and oxygen atoms in total. The third kappa shape index (κ3) is 21.5. The van der Waals surface area contributed by atoms with E-state index in [2.05, 4.69) is 183 Å². The molecule has 6 aromatic rings. The second kappa shape index (κ2) is 36.2. The molecule has 4 unspecified atom stereocenters. The molecule has 0 bridgehead atoms. The van der Waals surface area contributed by atoms with Gasteiger partial charge in [-0.05, 0) is 197 Å². The van der Waals surface area contributed by atoms with E-state index in [1.54, 1.807) is 20.8 Å². The Hall–Kier alpha value is -8.04. The number of halogens is 1. The molecule has 4 aliphatic rings. The third-order valence-corrected chi connectivity index (χ3v) is 17.6. The molecule has 11 N–H and O–H groups in total. The van der Waals surface area contributed by atoms with Crippen LogP contribution < -0.4 is 22.5 Å². The smallest absolute Gasteiger partial charge is 0.411 e. The quantitative estimate of drug-likeness (QED) is 0.0372. The van der Waals surface area contributed by atoms with Gasteiger partial charge in [0.1, 0.15) is 23.7 Å². The van der Waals surface area contributed by atoms with Gasteiger partial charge < -0.3 is 52.4 Å². The molecule has 0 saturated carbocycles. The van der Waals surface area contributed by atoms with E-state index in [9.17, 15) is 44.4 Å². The number of nitrogens with two attached hydrogens (primary N) is 3. The molecule has 0 radical (unpaired) electrons. The number of benzene rings is 6. The molecule has 4 heterocycles. The Kier molecular flexibility index (Phi) is 28.9. The minimum atomic E-state index is -0.974. The Labute approximate surface area is 566 Å². The molecule has 8 atom stereocenters. The van der Waals surface area contributed by atoms with Gasteiger partial charge in [0, 0.05) is 19.6 Å². The number of carbonyl (C=O) groups is 5. The maximum Gasteiger partial charge on any atom is 0.411 e. The van der Waals surface area contributed by atoms with Crippen molar-refractivity contribution in [2.75, 3.05) is 33.3 Å². The number of hydrogen-bond donors (Lipinski definition) is 8. The predicted octanol–water partition coefficient (Wildman–Crippen LogP) is 9.83. The maximum atomic E-state index is 12.0. The van der Waals surface area contributed by atoms with Gasteiger partial charge in [0.15, 0.2) is 6.04 Å². The first-order valence-electron chi connectivity index (χ1n) is 32.6. The maximum absolute atomic E-state index is 12.0. The number of rotatable bonds is 14. The number of amides is 4. The van der Waals surface area contributed by atoms with Crippen LogP contribution >= 0.6 is 12.4 Å². The van der Waals surface area contributed by atoms with Crippen LogP contribution in [0.1, 0.15) is 128 Å². The van der Waals surface area contributed by atoms with Crippen LogP contribution in [0.4, 0.5) is 4.79 Å². The molecule has 10 rings (SSSR count). The first-order chi connectivity index (χ1) is 44.8. The van der Waals surface area contributed by atoms with E-state index < -0.39 is 84.0 Å². The van der Waals surface area contributed by atoms with Gasteiger partial charge in [-0.3, -0.25) is 29.1 Å². The molecule has 4 saturated heterocycles. The number of aliphatic hydroxyl groups excluding tert-OH is 4. The van der Waals surface area contributed by atoms with Crippen LogP contribution in [-0.2, 0) is 41.7 Å². The minimum absolute atomic E-state index is 0. The summed E-state index contributed by atoms with van der Waals surface area (Å²) in [6, 6.07) is 43.8. The lowest BCUT2D eigenvalue weighted by Crippen LogP contribution is -2.56. The number of aryl methyl sites for hydroxylation is 2. The van der Waals surface area contributed by atoms with E-state index in [0.717, 1.165) is 61.2 Å². The second-order valence-electron chi connectivity index (χ2n) is 25.8. The van der Waals surface area contributed by atoms with Crippen molar-refractivity contribution in [1.82, 2.24) is 20.0 Å². The zero-order chi connectivity index (χ0) is 68.2. The van der Waals surface area contributed by atoms with Crippen LogP contribution in [0.2, 0.25) is 0 Å². The number of ether oxygens (including phenoxy) is 2. The summed E-state index contributed by atoms with van der Waals surface area (Å²) in [4.78, 5) is 63.1. The number of aliphatic hydroxyl groups is 4. The summed E-state index contributed by atoms with van der Waals surface area (Å²) in [7, 11) is 1.23. The number of carbonyl (C=O) groups excluding carboxylic acids is 5. The van der Waals surface area contributed by atoms with E-state index >= 15 is 0 Å². The summed E-state index contributed by atoms with van der Waals surface area (Å²) in [6.45, 7) is 17.7. The molecular weight excluding hydrogens is 1220 g/mol. The predicted molar refractivity (Wildman–Crippen MR) is 378 cm³/mol. The van der Waals surface area contributed by atoms with E-state index in [4.69, 9.17) is 21.9 Å². The van der Waals surface area contributed by atoms with Crippen molar-refractivity contribution >= 4 is 66.5 Å². The van der Waals surface area contributed by atoms with Crippen molar-refractivity contribution in [3.63, 3.8) is 0 Å². The number of nitrogens with one attached hydrogen (secondary N) is 1. The fourth-order valence-electron chi connectivity index (χ4n) is 12.7. The lowest BCUT2D eigenvalue weighted by Gasteiger charge is -2.37. The molecule has 4 amide bonds. The normalized spacial score (nSPS) is 21.5. The molecule has 95 heavy (non-hydrogen) atoms. The van der Waals surface area contributed by atoms with E-state index in [1.807, 2.05) is 21.9 Å². The molecule has 0 aromatic heterocycles. The van der Waals surface area contributed by atoms with Gasteiger partial charge in [-0.15, -0.1) is 12.4 Å². The summed E-state index contributed by atoms with van der Waals surface area (Å²) >= 11 is 0. The average molecular weight is 1320 g/mol. The van der Waals surface area contributed by atoms with Crippen molar-refractivity contribution in [2.24, 2.45) is 17.2 Å². The van der Waals surface area contributed by atoms with Gasteiger partial charge in [-0.25, -0.2) is 9.59 Å². The monoisotopic (exact) mass is 1320 g/mol. The largest absolute Gasteiger partial charge is 0.467 e. The first kappa shape index (κ1) is 76.0. The molecule has 0 aliphatic carbocycles. The van der Waals surface area contributed by atoms with Crippen LogP contribution in [0, 0.1) is 27.7 Å². The lowest BCUT2D eigenvalue weighted by molar-refractivity contribution is -0.153. The van der Waals surface area contributed by atoms with E-state index in [-0.39, 0.29) is 12.4 Å². The zero-order valence-corrected chi connectivity index (χ0v) is 57.0. The number of primary amides is 3. The van der Waals surface area contributed by atoms with Crippen LogP contribution in [0.15, 0.2) is 133 Å². The lowest BCUT2D eigenvalue weighted by atomic mass is 9.95. The molecule has 0 spiro atoms. The van der Waals surface area contributed by atoms with Crippen molar-refractivity contribution in [3.8, 4) is 22.3 Å². The van der Waals surface area contributed by atoms with Crippen molar-refractivity contribution in [1.29, 1.82) is 0 Å². The third-order valence-electron chi connectivity index (χ3n) is 17.6. The molecular formula is C76H98ClN7O11. The Morgan fingerprint density at radius 3 is 1.31 bits per heavy atom. The SMILES string of the molecule is COC(=O)C1C(O)CCCN1C(=O)OC(C)(C)C.Cc1cc(CN2CCC[C@@H](O)[C@@H]2C(N)=O)ccc1/C=C/c1cccc(-c2ccccc2)c1C.Cc1cc(CN2CCC[C@H](O)[C@@H]2C(N)=O)ccc1/C=C/c1cccc(-c2ccccc2)c1C.Cl.NC(=O)C1NCCCC1O. The van der Waals surface area contributed by atoms with Gasteiger partial charge in [0.2, 0.25) is 17.7 Å². The standard InChI is InChI=1S/2C29H32N2O2.C12H21NO5.C6H12N2O2.ClH/c2*1-20-18-22(19-31-17-7-12-27(32)28(31)29(30)33)13-14-23(20)15-16-24-10-6-11-26(21(24)2)25-8-4-3-5-9-25;1-12(2,3)18-11(16)13-7-5-6-8(14)9(13)10(15)17-4;7-6(10)5-4(9)2-1-3-8-5;/h2*3-6,8-11,13-16,18,27-28,32H,7,12,17,19H2,1-2H3,(H2,30,33);8-9,14H,5-7H2,1-4H3;4-5,8-9H,1-3H2,(H2,7,10);1H/b2*16-15+;;;/t27-,28+;27-,28-;;;/m01.../s1. The zero-order valence-electron chi connectivity index (χ0n) is 56.2. The number of likely N-dealkylation sites (tertiary alicyclic amines) is 3. The Morgan fingerprint density at radius 2 is 0.926 bits per heavy atom. The Morgan fingerprint density at radius 1 is 0.516 bits per heavy atom. The highest BCUT2D eigenvalue weighted by Gasteiger charge is 2.41. The molecule has 4 aliphatic heterocycles. The van der Waals surface area contributed by atoms with Gasteiger partial charge in [0.25, 0.3) is 0 Å².